The Kier molecular flexibility index (Phi) is 6.31. The molecule has 4 heterocycles. The Hall–Kier alpha value is -5.81. The van der Waals surface area contributed by atoms with Gasteiger partial charge >= 0.3 is 6.85 Å². The predicted molar refractivity (Wildman–Crippen MR) is 218 cm³/mol. The highest BCUT2D eigenvalue weighted by atomic mass is 16.5. The molecular weight excluding hydrogens is 647 g/mol. The van der Waals surface area contributed by atoms with Gasteiger partial charge in [0.25, 0.3) is 5.56 Å². The summed E-state index contributed by atoms with van der Waals surface area (Å²) in [5, 5.41) is 2.85. The van der Waals surface area contributed by atoms with E-state index in [4.69, 9.17) is 4.74 Å². The fourth-order valence-corrected chi connectivity index (χ4v) is 10.3. The van der Waals surface area contributed by atoms with Gasteiger partial charge in [0, 0.05) is 17.6 Å². The summed E-state index contributed by atoms with van der Waals surface area (Å²) < 4.78 is 11.1. The van der Waals surface area contributed by atoms with Crippen molar-refractivity contribution < 1.29 is 4.74 Å². The highest BCUT2D eigenvalue weighted by molar-refractivity contribution is 6.87. The number of aromatic nitrogens is 2. The second-order valence-electron chi connectivity index (χ2n) is 15.8. The Balaban J connectivity index is 1.32. The van der Waals surface area contributed by atoms with E-state index >= 15 is 4.79 Å². The summed E-state index contributed by atoms with van der Waals surface area (Å²) in [5.74, 6) is 2.65. The van der Waals surface area contributed by atoms with Crippen LogP contribution in [-0.2, 0) is 5.41 Å². The molecule has 0 N–H and O–H groups in total. The molecule has 5 heteroatoms. The fourth-order valence-electron chi connectivity index (χ4n) is 10.3. The van der Waals surface area contributed by atoms with E-state index in [1.807, 2.05) is 12.1 Å². The largest absolute Gasteiger partial charge is 0.461 e. The predicted octanol–water partition coefficient (Wildman–Crippen LogP) is 9.47. The van der Waals surface area contributed by atoms with Crippen LogP contribution in [0.4, 0.5) is 0 Å². The van der Waals surface area contributed by atoms with Gasteiger partial charge < -0.3 is 4.74 Å². The average Bonchev–Trinajstić information content (AvgIpc) is 3.69. The van der Waals surface area contributed by atoms with Crippen LogP contribution in [0.15, 0.2) is 144 Å². The van der Waals surface area contributed by atoms with Gasteiger partial charge in [-0.1, -0.05) is 137 Å². The maximum Gasteiger partial charge on any atom is 0.354 e. The molecule has 53 heavy (non-hydrogen) atoms. The van der Waals surface area contributed by atoms with Crippen molar-refractivity contribution in [2.75, 3.05) is 0 Å². The first-order valence-electron chi connectivity index (χ1n) is 19.1. The Morgan fingerprint density at radius 3 is 2.34 bits per heavy atom. The first-order chi connectivity index (χ1) is 25.9. The van der Waals surface area contributed by atoms with Crippen LogP contribution in [0.2, 0.25) is 0 Å². The molecule has 1 aliphatic carbocycles. The van der Waals surface area contributed by atoms with E-state index < -0.39 is 5.41 Å². The van der Waals surface area contributed by atoms with Gasteiger partial charge in [0.15, 0.2) is 0 Å². The monoisotopic (exact) mass is 686 g/mol. The topological polar surface area (TPSA) is 36.2 Å². The van der Waals surface area contributed by atoms with Gasteiger partial charge in [0.05, 0.1) is 22.0 Å². The highest BCUT2D eigenvalue weighted by Crippen LogP contribution is 2.55. The summed E-state index contributed by atoms with van der Waals surface area (Å²) in [4.78, 5) is 15.2. The summed E-state index contributed by atoms with van der Waals surface area (Å²) in [6.07, 6.45) is 6.43. The Morgan fingerprint density at radius 2 is 1.51 bits per heavy atom. The number of para-hydroxylation sites is 1. The van der Waals surface area contributed by atoms with Crippen molar-refractivity contribution in [2.24, 2.45) is 0 Å². The van der Waals surface area contributed by atoms with E-state index in [-0.39, 0.29) is 12.4 Å². The lowest BCUT2D eigenvalue weighted by Crippen LogP contribution is -2.60. The normalized spacial score (nSPS) is 17.7. The van der Waals surface area contributed by atoms with Gasteiger partial charge in [0.2, 0.25) is 0 Å². The molecule has 0 bridgehead atoms. The number of ether oxygens (including phenoxy) is 1. The zero-order valence-electron chi connectivity index (χ0n) is 30.5. The van der Waals surface area contributed by atoms with Crippen LogP contribution >= 0.6 is 0 Å². The van der Waals surface area contributed by atoms with Crippen molar-refractivity contribution in [3.05, 3.63) is 177 Å². The van der Waals surface area contributed by atoms with E-state index in [0.29, 0.717) is 11.8 Å². The molecular formula is C48H39BN2O2. The average molecular weight is 687 g/mol. The fraction of sp³-hybridized carbons (Fsp3) is 0.188. The second-order valence-corrected chi connectivity index (χ2v) is 15.8. The standard InChI is InChI=1S/C48H39BN2O2/c1-28(2)32-15-11-16-33(29(3)4)44(32)31-23-25-35-39(27-31)49-46-38(48(35)36-17-7-9-21-42(36)53-43-22-10-8-18-37(43)48)19-12-20-41(46)50-40-26-24-30-13-5-6-14-34(30)45(40)47(52)51(49)50/h5-9,11-21,23-29H,10,22H2,1-4H3. The number of benzene rings is 6. The minimum absolute atomic E-state index is 0.0477. The summed E-state index contributed by atoms with van der Waals surface area (Å²) in [6, 6.07) is 41.9. The zero-order valence-corrected chi connectivity index (χ0v) is 30.5. The molecule has 1 aromatic heterocycles. The van der Waals surface area contributed by atoms with Gasteiger partial charge in [-0.05, 0) is 91.5 Å². The first kappa shape index (κ1) is 30.8. The number of rotatable bonds is 3. The van der Waals surface area contributed by atoms with Crippen LogP contribution in [0.3, 0.4) is 0 Å². The maximum absolute atomic E-state index is 15.2. The van der Waals surface area contributed by atoms with Crippen molar-refractivity contribution in [3.8, 4) is 22.6 Å². The van der Waals surface area contributed by atoms with Crippen molar-refractivity contribution in [1.82, 2.24) is 9.27 Å². The molecule has 3 aliphatic heterocycles. The van der Waals surface area contributed by atoms with Gasteiger partial charge in [-0.25, -0.2) is 0 Å². The SMILES string of the molecule is CC(C)c1cccc(C(C)C)c1-c1ccc2c(c1)B1c3c(cccc3C23C2=C(CCC=C2)Oc2ccccc23)-n2c3ccc4ccccc4c3c(=O)n21. The van der Waals surface area contributed by atoms with E-state index in [2.05, 4.69) is 152 Å². The van der Waals surface area contributed by atoms with E-state index in [1.165, 1.54) is 49.9 Å². The summed E-state index contributed by atoms with van der Waals surface area (Å²) in [6.45, 7) is 8.86. The number of fused-ring (bicyclic) bond motifs is 14. The number of nitrogens with zero attached hydrogens (tertiary/aromatic N) is 2. The molecule has 0 amide bonds. The van der Waals surface area contributed by atoms with Crippen molar-refractivity contribution >= 4 is 39.4 Å². The molecule has 256 valence electrons. The van der Waals surface area contributed by atoms with Crippen LogP contribution in [0.5, 0.6) is 5.75 Å². The number of hydrogen-bond acceptors (Lipinski definition) is 2. The third-order valence-electron chi connectivity index (χ3n) is 12.5. The van der Waals surface area contributed by atoms with Gasteiger partial charge in [-0.2, -0.15) is 0 Å². The van der Waals surface area contributed by atoms with Crippen molar-refractivity contribution in [3.63, 3.8) is 0 Å². The van der Waals surface area contributed by atoms with Crippen LogP contribution < -0.4 is 21.2 Å². The molecule has 0 fully saturated rings. The molecule has 0 saturated heterocycles. The lowest BCUT2D eigenvalue weighted by Gasteiger charge is -2.47. The molecule has 6 aromatic carbocycles. The lowest BCUT2D eigenvalue weighted by molar-refractivity contribution is 0.363. The van der Waals surface area contributed by atoms with Gasteiger partial charge in [-0.15, -0.1) is 0 Å². The number of allylic oxidation sites excluding steroid dienone is 4. The Labute approximate surface area is 309 Å². The minimum atomic E-state index is -0.620. The minimum Gasteiger partial charge on any atom is -0.461 e. The summed E-state index contributed by atoms with van der Waals surface area (Å²) >= 11 is 0. The molecule has 4 aliphatic rings. The smallest absolute Gasteiger partial charge is 0.354 e. The van der Waals surface area contributed by atoms with Crippen molar-refractivity contribution in [2.45, 2.75) is 57.8 Å². The quantitative estimate of drug-likeness (QED) is 0.174. The first-order valence-corrected chi connectivity index (χ1v) is 19.1. The third kappa shape index (κ3) is 3.84. The maximum atomic E-state index is 15.2. The summed E-state index contributed by atoms with van der Waals surface area (Å²) in [7, 11) is 0. The third-order valence-corrected chi connectivity index (χ3v) is 12.5. The Bertz CT molecular complexity index is 2840. The van der Waals surface area contributed by atoms with Crippen LogP contribution in [-0.4, -0.2) is 16.1 Å². The molecule has 0 radical (unpaired) electrons. The van der Waals surface area contributed by atoms with Gasteiger partial charge in [-0.3, -0.25) is 14.1 Å². The number of hydrogen-bond donors (Lipinski definition) is 0. The van der Waals surface area contributed by atoms with Crippen LogP contribution in [0.25, 0.3) is 38.5 Å². The highest BCUT2D eigenvalue weighted by Gasteiger charge is 2.56. The molecule has 1 unspecified atom stereocenters. The molecule has 1 spiro atoms. The molecule has 11 rings (SSSR count). The summed E-state index contributed by atoms with van der Waals surface area (Å²) in [5.41, 5.74) is 13.8. The Morgan fingerprint density at radius 1 is 0.755 bits per heavy atom. The molecule has 4 nitrogen and oxygen atoms in total. The lowest BCUT2D eigenvalue weighted by atomic mass is 9.40. The molecule has 1 atom stereocenters. The molecule has 0 saturated carbocycles. The molecule has 7 aromatic rings. The van der Waals surface area contributed by atoms with E-state index in [1.54, 1.807) is 0 Å². The van der Waals surface area contributed by atoms with Gasteiger partial charge in [0.1, 0.15) is 11.5 Å². The zero-order chi connectivity index (χ0) is 35.7. The van der Waals surface area contributed by atoms with Crippen LogP contribution in [0.1, 0.15) is 80.2 Å². The van der Waals surface area contributed by atoms with Crippen molar-refractivity contribution in [1.29, 1.82) is 0 Å². The van der Waals surface area contributed by atoms with E-state index in [9.17, 15) is 0 Å². The second kappa shape index (κ2) is 10.9. The van der Waals surface area contributed by atoms with E-state index in [0.717, 1.165) is 57.3 Å². The van der Waals surface area contributed by atoms with Crippen LogP contribution in [0, 0.1) is 0 Å².